The van der Waals surface area contributed by atoms with Gasteiger partial charge in [-0.05, 0) is 36.0 Å². The molecule has 2 aromatic carbocycles. The average Bonchev–Trinajstić information content (AvgIpc) is 3.02. The van der Waals surface area contributed by atoms with Crippen LogP contribution in [0.3, 0.4) is 0 Å². The highest BCUT2D eigenvalue weighted by atomic mass is 32.2. The molecular formula is C22H20N2O6S. The van der Waals surface area contributed by atoms with Crippen LogP contribution in [-0.2, 0) is 4.79 Å². The predicted molar refractivity (Wildman–Crippen MR) is 119 cm³/mol. The van der Waals surface area contributed by atoms with Crippen molar-refractivity contribution in [3.8, 4) is 17.2 Å². The lowest BCUT2D eigenvalue weighted by atomic mass is 10.1. The number of amides is 1. The highest BCUT2D eigenvalue weighted by molar-refractivity contribution is 8.18. The van der Waals surface area contributed by atoms with Gasteiger partial charge >= 0.3 is 5.97 Å². The maximum Gasteiger partial charge on any atom is 0.339 e. The molecule has 0 unspecified atom stereocenters. The molecule has 1 amide bonds. The zero-order valence-corrected chi connectivity index (χ0v) is 17.7. The van der Waals surface area contributed by atoms with Gasteiger partial charge in [-0.2, -0.15) is 0 Å². The van der Waals surface area contributed by atoms with Crippen LogP contribution in [-0.4, -0.2) is 52.9 Å². The number of para-hydroxylation sites is 1. The number of methoxy groups -OCH3 is 2. The summed E-state index contributed by atoms with van der Waals surface area (Å²) in [5.41, 5.74) is 0.751. The number of benzene rings is 2. The number of aromatic hydroxyl groups is 1. The third kappa shape index (κ3) is 4.56. The number of carboxylic acid groups (broad SMARTS) is 1. The Bertz CT molecular complexity index is 1110. The van der Waals surface area contributed by atoms with Crippen LogP contribution in [0.4, 0.5) is 5.69 Å². The lowest BCUT2D eigenvalue weighted by Crippen LogP contribution is -2.29. The van der Waals surface area contributed by atoms with Crippen LogP contribution < -0.4 is 9.47 Å². The van der Waals surface area contributed by atoms with Gasteiger partial charge in [0.2, 0.25) is 0 Å². The third-order valence-electron chi connectivity index (χ3n) is 4.36. The van der Waals surface area contributed by atoms with Crippen LogP contribution >= 0.6 is 11.8 Å². The van der Waals surface area contributed by atoms with E-state index in [1.165, 1.54) is 37.3 Å². The van der Waals surface area contributed by atoms with E-state index in [4.69, 9.17) is 14.6 Å². The fourth-order valence-electron chi connectivity index (χ4n) is 2.93. The van der Waals surface area contributed by atoms with Crippen LogP contribution in [0.2, 0.25) is 0 Å². The summed E-state index contributed by atoms with van der Waals surface area (Å²) in [6.07, 6.45) is 3.27. The van der Waals surface area contributed by atoms with Crippen molar-refractivity contribution in [2.45, 2.75) is 0 Å². The van der Waals surface area contributed by atoms with E-state index in [1.54, 1.807) is 30.4 Å². The maximum absolute atomic E-state index is 13.0. The van der Waals surface area contributed by atoms with E-state index in [1.807, 2.05) is 0 Å². The Labute approximate surface area is 183 Å². The first-order valence-electron chi connectivity index (χ1n) is 9.08. The fraction of sp³-hybridized carbons (Fsp3) is 0.136. The van der Waals surface area contributed by atoms with Crippen LogP contribution in [0, 0.1) is 0 Å². The average molecular weight is 440 g/mol. The molecule has 0 spiro atoms. The number of nitrogens with zero attached hydrogens (tertiary/aromatic N) is 2. The van der Waals surface area contributed by atoms with Gasteiger partial charge in [0, 0.05) is 18.2 Å². The molecule has 1 aliphatic rings. The van der Waals surface area contributed by atoms with E-state index < -0.39 is 11.7 Å². The van der Waals surface area contributed by atoms with Crippen molar-refractivity contribution in [3.63, 3.8) is 0 Å². The van der Waals surface area contributed by atoms with Crippen molar-refractivity contribution in [1.82, 2.24) is 4.90 Å². The monoisotopic (exact) mass is 440 g/mol. The first-order valence-corrected chi connectivity index (χ1v) is 9.89. The topological polar surface area (TPSA) is 109 Å². The quantitative estimate of drug-likeness (QED) is 0.496. The normalized spacial score (nSPS) is 16.1. The van der Waals surface area contributed by atoms with Gasteiger partial charge in [0.25, 0.3) is 5.91 Å². The molecule has 1 saturated heterocycles. The van der Waals surface area contributed by atoms with Crippen LogP contribution in [0.25, 0.3) is 6.08 Å². The third-order valence-corrected chi connectivity index (χ3v) is 5.36. The molecule has 31 heavy (non-hydrogen) atoms. The van der Waals surface area contributed by atoms with Crippen molar-refractivity contribution >= 4 is 40.6 Å². The Morgan fingerprint density at radius 1 is 1.26 bits per heavy atom. The lowest BCUT2D eigenvalue weighted by molar-refractivity contribution is -0.121. The number of phenols is 1. The predicted octanol–water partition coefficient (Wildman–Crippen LogP) is 3.90. The number of ether oxygens (including phenoxy) is 2. The van der Waals surface area contributed by atoms with Crippen LogP contribution in [0.5, 0.6) is 17.2 Å². The smallest absolute Gasteiger partial charge is 0.339 e. The van der Waals surface area contributed by atoms with E-state index in [-0.39, 0.29) is 18.0 Å². The van der Waals surface area contributed by atoms with E-state index in [9.17, 15) is 14.7 Å². The largest absolute Gasteiger partial charge is 0.507 e. The number of carbonyl (C=O) groups is 2. The van der Waals surface area contributed by atoms with Gasteiger partial charge in [-0.1, -0.05) is 18.2 Å². The van der Waals surface area contributed by atoms with E-state index >= 15 is 0 Å². The Balaban J connectivity index is 2.01. The zero-order valence-electron chi connectivity index (χ0n) is 16.9. The van der Waals surface area contributed by atoms with Gasteiger partial charge in [-0.3, -0.25) is 9.69 Å². The second-order valence-corrected chi connectivity index (χ2v) is 7.31. The molecule has 0 radical (unpaired) electrons. The standard InChI is InChI=1S/C22H20N2O6S/c1-4-10-24-20(26)18(11-13-6-5-7-17(29-2)19(13)30-3)31-22(24)23-14-8-9-15(21(27)28)16(25)12-14/h4-9,11-12,25H,1,10H2,2-3H3,(H,27,28)/b18-11-,23-22?. The van der Waals surface area contributed by atoms with E-state index in [0.717, 1.165) is 11.8 Å². The summed E-state index contributed by atoms with van der Waals surface area (Å²) in [5, 5.41) is 19.3. The number of carbonyl (C=O) groups excluding carboxylic acids is 1. The first-order chi connectivity index (χ1) is 14.9. The molecule has 9 heteroatoms. The number of aromatic carboxylic acids is 1. The van der Waals surface area contributed by atoms with E-state index in [0.29, 0.717) is 32.8 Å². The van der Waals surface area contributed by atoms with Gasteiger partial charge < -0.3 is 19.7 Å². The molecule has 1 aliphatic heterocycles. The fourth-order valence-corrected chi connectivity index (χ4v) is 3.93. The molecule has 0 bridgehead atoms. The maximum atomic E-state index is 13.0. The summed E-state index contributed by atoms with van der Waals surface area (Å²) < 4.78 is 10.7. The lowest BCUT2D eigenvalue weighted by Gasteiger charge is -2.13. The highest BCUT2D eigenvalue weighted by Crippen LogP contribution is 2.38. The molecule has 0 aromatic heterocycles. The summed E-state index contributed by atoms with van der Waals surface area (Å²) >= 11 is 1.15. The van der Waals surface area contributed by atoms with Crippen molar-refractivity contribution < 1.29 is 29.3 Å². The number of amidine groups is 1. The second kappa shape index (κ2) is 9.40. The number of thioether (sulfide) groups is 1. The summed E-state index contributed by atoms with van der Waals surface area (Å²) in [4.78, 5) is 30.3. The van der Waals surface area contributed by atoms with Gasteiger partial charge in [-0.25, -0.2) is 9.79 Å². The summed E-state index contributed by atoms with van der Waals surface area (Å²) in [6, 6.07) is 9.31. The Hall–Kier alpha value is -3.72. The first kappa shape index (κ1) is 22.0. The van der Waals surface area contributed by atoms with Crippen molar-refractivity contribution in [2.24, 2.45) is 4.99 Å². The number of hydrogen-bond donors (Lipinski definition) is 2. The Morgan fingerprint density at radius 3 is 2.65 bits per heavy atom. The van der Waals surface area contributed by atoms with Crippen molar-refractivity contribution in [1.29, 1.82) is 0 Å². The van der Waals surface area contributed by atoms with Crippen LogP contribution in [0.1, 0.15) is 15.9 Å². The molecule has 0 saturated carbocycles. The molecular weight excluding hydrogens is 420 g/mol. The molecule has 3 rings (SSSR count). The van der Waals surface area contributed by atoms with Gasteiger partial charge in [0.05, 0.1) is 24.8 Å². The van der Waals surface area contributed by atoms with Crippen molar-refractivity contribution in [2.75, 3.05) is 20.8 Å². The van der Waals surface area contributed by atoms with Gasteiger partial charge in [0.15, 0.2) is 16.7 Å². The second-order valence-electron chi connectivity index (χ2n) is 6.30. The molecule has 2 aromatic rings. The van der Waals surface area contributed by atoms with E-state index in [2.05, 4.69) is 11.6 Å². The number of aliphatic imine (C=N–C) groups is 1. The van der Waals surface area contributed by atoms with Gasteiger partial charge in [-0.15, -0.1) is 6.58 Å². The number of rotatable bonds is 7. The highest BCUT2D eigenvalue weighted by Gasteiger charge is 2.33. The number of carboxylic acids is 1. The molecule has 1 fully saturated rings. The molecule has 8 nitrogen and oxygen atoms in total. The summed E-state index contributed by atoms with van der Waals surface area (Å²) in [5.74, 6) is -0.873. The zero-order chi connectivity index (χ0) is 22.5. The minimum Gasteiger partial charge on any atom is -0.507 e. The van der Waals surface area contributed by atoms with Crippen LogP contribution in [0.15, 0.2) is 59.0 Å². The molecule has 0 aliphatic carbocycles. The molecule has 0 atom stereocenters. The minimum atomic E-state index is -1.24. The minimum absolute atomic E-state index is 0.229. The molecule has 1 heterocycles. The number of hydrogen-bond acceptors (Lipinski definition) is 7. The Kier molecular flexibility index (Phi) is 6.66. The summed E-state index contributed by atoms with van der Waals surface area (Å²) in [7, 11) is 3.06. The summed E-state index contributed by atoms with van der Waals surface area (Å²) in [6.45, 7) is 3.92. The van der Waals surface area contributed by atoms with Crippen molar-refractivity contribution in [3.05, 3.63) is 65.1 Å². The van der Waals surface area contributed by atoms with Gasteiger partial charge in [0.1, 0.15) is 11.3 Å². The molecule has 160 valence electrons. The SMILES string of the molecule is C=CCN1C(=O)/C(=C/c2cccc(OC)c2OC)SC1=Nc1ccc(C(=O)O)c(O)c1. The Morgan fingerprint density at radius 2 is 2.03 bits per heavy atom. The molecule has 2 N–H and O–H groups in total.